The van der Waals surface area contributed by atoms with Crippen LogP contribution in [0.15, 0.2) is 107 Å². The van der Waals surface area contributed by atoms with Crippen molar-refractivity contribution in [2.45, 2.75) is 32.4 Å². The number of allylic oxidation sites excluding steroid dienone is 2. The third-order valence-corrected chi connectivity index (χ3v) is 7.80. The van der Waals surface area contributed by atoms with Crippen LogP contribution in [0.2, 0.25) is 0 Å². The second-order valence-electron chi connectivity index (χ2n) is 9.47. The zero-order valence-electron chi connectivity index (χ0n) is 22.8. The number of thiazole rings is 1. The minimum Gasteiger partial charge on any atom is -0.489 e. The van der Waals surface area contributed by atoms with Gasteiger partial charge < -0.3 is 9.47 Å². The average molecular weight is 569 g/mol. The van der Waals surface area contributed by atoms with E-state index in [0.717, 1.165) is 22.3 Å². The van der Waals surface area contributed by atoms with Crippen molar-refractivity contribution in [2.75, 3.05) is 7.11 Å². The van der Waals surface area contributed by atoms with Crippen LogP contribution in [-0.4, -0.2) is 17.6 Å². The molecule has 0 spiro atoms. The lowest BCUT2D eigenvalue weighted by Crippen LogP contribution is -2.40. The van der Waals surface area contributed by atoms with Crippen LogP contribution in [0.5, 0.6) is 5.75 Å². The molecule has 0 aliphatic carbocycles. The van der Waals surface area contributed by atoms with Crippen LogP contribution in [0.25, 0.3) is 6.08 Å². The molecule has 3 aromatic carbocycles. The molecule has 0 saturated heterocycles. The van der Waals surface area contributed by atoms with E-state index < -0.39 is 12.0 Å². The van der Waals surface area contributed by atoms with Gasteiger partial charge in [0.25, 0.3) is 5.56 Å². The van der Waals surface area contributed by atoms with Crippen molar-refractivity contribution in [2.24, 2.45) is 4.99 Å². The molecule has 4 aromatic rings. The van der Waals surface area contributed by atoms with Gasteiger partial charge in [-0.3, -0.25) is 9.36 Å². The molecule has 0 amide bonds. The van der Waals surface area contributed by atoms with E-state index in [1.165, 1.54) is 30.6 Å². The first kappa shape index (κ1) is 28.0. The Labute approximate surface area is 241 Å². The molecule has 0 unspecified atom stereocenters. The highest BCUT2D eigenvalue weighted by atomic mass is 32.1. The van der Waals surface area contributed by atoms with E-state index in [2.05, 4.69) is 6.58 Å². The molecule has 0 N–H and O–H groups in total. The van der Waals surface area contributed by atoms with Gasteiger partial charge in [-0.15, -0.1) is 6.58 Å². The molecule has 208 valence electrons. The molecule has 6 nitrogen and oxygen atoms in total. The van der Waals surface area contributed by atoms with Gasteiger partial charge in [0.15, 0.2) is 4.80 Å². The number of carbonyl (C=O) groups is 1. The maximum Gasteiger partial charge on any atom is 0.338 e. The number of carbonyl (C=O) groups excluding carboxylic acids is 1. The Balaban J connectivity index is 1.56. The average Bonchev–Trinajstić information content (AvgIpc) is 3.30. The summed E-state index contributed by atoms with van der Waals surface area (Å²) in [5.74, 6) is -0.107. The van der Waals surface area contributed by atoms with Gasteiger partial charge in [0.05, 0.1) is 29.0 Å². The highest BCUT2D eigenvalue weighted by Gasteiger charge is 2.33. The third-order valence-electron chi connectivity index (χ3n) is 6.82. The number of hydrogen-bond acceptors (Lipinski definition) is 6. The summed E-state index contributed by atoms with van der Waals surface area (Å²) in [5.41, 5.74) is 4.13. The van der Waals surface area contributed by atoms with Crippen molar-refractivity contribution in [1.29, 1.82) is 0 Å². The fourth-order valence-corrected chi connectivity index (χ4v) is 5.87. The topological polar surface area (TPSA) is 69.9 Å². The standard InChI is InChI=1S/C33H29FN2O4S/c1-4-9-24-18-22(14-17-27(24)40-20-21-12-15-25(34)16-13-21)19-28-31(37)36-30(23-10-7-6-8-11-23)29(32(38)39-3)26(5-2)35-33(36)41-28/h4,6-8,10-19,30H,1,5,9,20H2,2-3H3/b28-19-/t30-/m0/s1. The zero-order valence-corrected chi connectivity index (χ0v) is 23.6. The molecule has 0 bridgehead atoms. The number of esters is 1. The van der Waals surface area contributed by atoms with Gasteiger partial charge in [0, 0.05) is 0 Å². The lowest BCUT2D eigenvalue weighted by Gasteiger charge is -2.25. The van der Waals surface area contributed by atoms with Gasteiger partial charge in [-0.1, -0.05) is 72.9 Å². The van der Waals surface area contributed by atoms with Crippen LogP contribution in [0.4, 0.5) is 4.39 Å². The van der Waals surface area contributed by atoms with Crippen LogP contribution in [-0.2, 0) is 22.6 Å². The second kappa shape index (κ2) is 12.3. The quantitative estimate of drug-likeness (QED) is 0.205. The highest BCUT2D eigenvalue weighted by Crippen LogP contribution is 2.31. The number of nitrogens with zero attached hydrogens (tertiary/aromatic N) is 2. The first-order chi connectivity index (χ1) is 19.9. The Hall–Kier alpha value is -4.56. The molecular weight excluding hydrogens is 539 g/mol. The molecule has 1 aliphatic heterocycles. The molecular formula is C33H29FN2O4S. The number of halogens is 1. The zero-order chi connectivity index (χ0) is 28.9. The van der Waals surface area contributed by atoms with Crippen LogP contribution in [0, 0.1) is 5.82 Å². The normalized spacial score (nSPS) is 14.8. The Morgan fingerprint density at radius 1 is 1.12 bits per heavy atom. The van der Waals surface area contributed by atoms with Crippen molar-refractivity contribution in [3.63, 3.8) is 0 Å². The highest BCUT2D eigenvalue weighted by molar-refractivity contribution is 7.07. The molecule has 0 fully saturated rings. The summed E-state index contributed by atoms with van der Waals surface area (Å²) in [6.45, 7) is 6.09. The van der Waals surface area contributed by atoms with Gasteiger partial charge in [-0.2, -0.15) is 0 Å². The summed E-state index contributed by atoms with van der Waals surface area (Å²) >= 11 is 1.29. The predicted octanol–water partition coefficient (Wildman–Crippen LogP) is 5.24. The summed E-state index contributed by atoms with van der Waals surface area (Å²) in [5, 5.41) is 0. The van der Waals surface area contributed by atoms with Crippen molar-refractivity contribution < 1.29 is 18.7 Å². The molecule has 2 heterocycles. The maximum atomic E-state index is 13.9. The SMILES string of the molecule is C=CCc1cc(/C=c2\sc3n(c2=O)[C@@H](c2ccccc2)C(C(=O)OC)=C(CC)N=3)ccc1OCc1ccc(F)cc1. The Bertz CT molecular complexity index is 1800. The van der Waals surface area contributed by atoms with E-state index >= 15 is 0 Å². The number of methoxy groups -OCH3 is 1. The molecule has 5 rings (SSSR count). The molecule has 8 heteroatoms. The van der Waals surface area contributed by atoms with E-state index in [0.29, 0.717) is 45.8 Å². The largest absolute Gasteiger partial charge is 0.489 e. The number of fused-ring (bicyclic) bond motifs is 1. The first-order valence-corrected chi connectivity index (χ1v) is 14.0. The summed E-state index contributed by atoms with van der Waals surface area (Å²) < 4.78 is 26.5. The monoisotopic (exact) mass is 568 g/mol. The van der Waals surface area contributed by atoms with Gasteiger partial charge in [0.1, 0.15) is 18.2 Å². The molecule has 1 aliphatic rings. The van der Waals surface area contributed by atoms with Crippen LogP contribution < -0.4 is 19.6 Å². The Morgan fingerprint density at radius 2 is 1.88 bits per heavy atom. The second-order valence-corrected chi connectivity index (χ2v) is 10.5. The molecule has 41 heavy (non-hydrogen) atoms. The molecule has 0 radical (unpaired) electrons. The molecule has 1 aromatic heterocycles. The van der Waals surface area contributed by atoms with Crippen LogP contribution >= 0.6 is 11.3 Å². The first-order valence-electron chi connectivity index (χ1n) is 13.2. The predicted molar refractivity (Wildman–Crippen MR) is 158 cm³/mol. The number of rotatable bonds is 9. The van der Waals surface area contributed by atoms with E-state index in [4.69, 9.17) is 14.5 Å². The van der Waals surface area contributed by atoms with Crippen molar-refractivity contribution in [1.82, 2.24) is 4.57 Å². The summed E-state index contributed by atoms with van der Waals surface area (Å²) in [4.78, 5) is 32.0. The number of ether oxygens (including phenoxy) is 2. The van der Waals surface area contributed by atoms with E-state index in [1.54, 1.807) is 22.8 Å². The number of hydrogen-bond donors (Lipinski definition) is 0. The van der Waals surface area contributed by atoms with Gasteiger partial charge >= 0.3 is 5.97 Å². The minimum atomic E-state index is -0.643. The number of aromatic nitrogens is 1. The van der Waals surface area contributed by atoms with E-state index in [1.807, 2.05) is 61.5 Å². The summed E-state index contributed by atoms with van der Waals surface area (Å²) in [6, 6.07) is 20.7. The summed E-state index contributed by atoms with van der Waals surface area (Å²) in [6.07, 6.45) is 4.70. The third kappa shape index (κ3) is 5.83. The van der Waals surface area contributed by atoms with Crippen molar-refractivity contribution in [3.8, 4) is 5.75 Å². The summed E-state index contributed by atoms with van der Waals surface area (Å²) in [7, 11) is 1.34. The lowest BCUT2D eigenvalue weighted by atomic mass is 9.95. The van der Waals surface area contributed by atoms with Crippen LogP contribution in [0.3, 0.4) is 0 Å². The molecule has 0 saturated carbocycles. The minimum absolute atomic E-state index is 0.235. The van der Waals surface area contributed by atoms with Crippen LogP contribution in [0.1, 0.15) is 41.6 Å². The van der Waals surface area contributed by atoms with Gasteiger partial charge in [-0.25, -0.2) is 14.2 Å². The smallest absolute Gasteiger partial charge is 0.338 e. The Morgan fingerprint density at radius 3 is 2.56 bits per heavy atom. The fourth-order valence-electron chi connectivity index (χ4n) is 4.85. The number of benzene rings is 3. The van der Waals surface area contributed by atoms with Gasteiger partial charge in [0.2, 0.25) is 0 Å². The van der Waals surface area contributed by atoms with Gasteiger partial charge in [-0.05, 0) is 65.4 Å². The maximum absolute atomic E-state index is 13.9. The van der Waals surface area contributed by atoms with Crippen molar-refractivity contribution >= 4 is 23.4 Å². The molecule has 1 atom stereocenters. The fraction of sp³-hybridized carbons (Fsp3) is 0.182. The Kier molecular flexibility index (Phi) is 8.40. The lowest BCUT2D eigenvalue weighted by molar-refractivity contribution is -0.136. The van der Waals surface area contributed by atoms with E-state index in [-0.39, 0.29) is 11.4 Å². The van der Waals surface area contributed by atoms with E-state index in [9.17, 15) is 14.0 Å². The van der Waals surface area contributed by atoms with Crippen molar-refractivity contribution in [3.05, 3.63) is 144 Å².